The van der Waals surface area contributed by atoms with Gasteiger partial charge in [0.25, 0.3) is 0 Å². The zero-order chi connectivity index (χ0) is 55.0. The molecule has 0 spiro atoms. The summed E-state index contributed by atoms with van der Waals surface area (Å²) in [5.41, 5.74) is -10.5. The maximum absolute atomic E-state index is 15.4. The highest BCUT2D eigenvalue weighted by molar-refractivity contribution is 7.20. The third kappa shape index (κ3) is 8.11. The SMILES string of the molecule is Fc1c(F)c(F)c([B-](c2c(F)c(F)c(F)c(F)c2F)(c2c(F)c(F)c(F)c(F)c2F)c2c(F)c(F)c(F)c(F)c2F)c(F)c1F.c1ccc(C[n+]2ccc(-c3c4ccccc4cc4cc5ccccc5cc34)cc2)cc1. The predicted octanol–water partition coefficient (Wildman–Crippen LogP) is 13.0. The van der Waals surface area contributed by atoms with Gasteiger partial charge in [-0.25, -0.2) is 92.4 Å². The van der Waals surface area contributed by atoms with Gasteiger partial charge in [0, 0.05) is 17.7 Å². The van der Waals surface area contributed by atoms with Crippen molar-refractivity contribution < 1.29 is 92.4 Å². The van der Waals surface area contributed by atoms with E-state index in [4.69, 9.17) is 0 Å². The number of nitrogens with zero attached hydrogens (tertiary/aromatic N) is 1. The second-order valence-electron chi connectivity index (χ2n) is 16.9. The van der Waals surface area contributed by atoms with Crippen molar-refractivity contribution in [2.75, 3.05) is 0 Å². The van der Waals surface area contributed by atoms with E-state index in [1.165, 1.54) is 49.0 Å². The zero-order valence-corrected chi connectivity index (χ0v) is 37.3. The van der Waals surface area contributed by atoms with Crippen molar-refractivity contribution in [1.29, 1.82) is 0 Å². The molecular formula is C54H22BF20N. The van der Waals surface area contributed by atoms with Gasteiger partial charge in [-0.05, 0) is 61.6 Å². The topological polar surface area (TPSA) is 3.88 Å². The number of pyridine rings is 1. The van der Waals surface area contributed by atoms with Crippen molar-refractivity contribution in [1.82, 2.24) is 0 Å². The van der Waals surface area contributed by atoms with Crippen molar-refractivity contribution in [3.8, 4) is 11.1 Å². The molecule has 22 heteroatoms. The number of rotatable bonds is 7. The summed E-state index contributed by atoms with van der Waals surface area (Å²) in [7, 11) is 0. The lowest BCUT2D eigenvalue weighted by Gasteiger charge is -2.44. The molecule has 76 heavy (non-hydrogen) atoms. The van der Waals surface area contributed by atoms with Gasteiger partial charge in [0.15, 0.2) is 88.7 Å². The quantitative estimate of drug-likeness (QED) is 0.0374. The number of aromatic nitrogens is 1. The van der Waals surface area contributed by atoms with Gasteiger partial charge in [-0.2, -0.15) is 0 Å². The molecule has 386 valence electrons. The molecule has 9 aromatic carbocycles. The number of hydrogen-bond donors (Lipinski definition) is 0. The normalized spacial score (nSPS) is 11.7. The molecule has 0 radical (unpaired) electrons. The molecule has 0 fully saturated rings. The number of hydrogen-bond acceptors (Lipinski definition) is 0. The average Bonchev–Trinajstić information content (AvgIpc) is 3.46. The number of halogens is 20. The van der Waals surface area contributed by atoms with E-state index in [9.17, 15) is 52.7 Å². The second-order valence-corrected chi connectivity index (χ2v) is 16.9. The second kappa shape index (κ2) is 19.7. The summed E-state index contributed by atoms with van der Waals surface area (Å²) in [6.45, 7) is 0.877. The Bertz CT molecular complexity index is 3630. The van der Waals surface area contributed by atoms with Gasteiger partial charge in [0.05, 0.1) is 0 Å². The smallest absolute Gasteiger partial charge is 0.200 e. The third-order valence-electron chi connectivity index (χ3n) is 12.8. The van der Waals surface area contributed by atoms with Crippen LogP contribution in [0.5, 0.6) is 0 Å². The largest absolute Gasteiger partial charge is 0.207 e. The van der Waals surface area contributed by atoms with E-state index in [2.05, 4.69) is 126 Å². The first-order valence-electron chi connectivity index (χ1n) is 21.7. The molecule has 10 aromatic rings. The Kier molecular flexibility index (Phi) is 13.6. The van der Waals surface area contributed by atoms with Gasteiger partial charge < -0.3 is 0 Å². The Hall–Kier alpha value is -8.43. The van der Waals surface area contributed by atoms with Gasteiger partial charge in [0.1, 0.15) is 52.7 Å². The van der Waals surface area contributed by atoms with Gasteiger partial charge in [-0.1, -0.05) is 78.9 Å². The molecule has 0 aliphatic heterocycles. The minimum atomic E-state index is -7.22. The summed E-state index contributed by atoms with van der Waals surface area (Å²) in [5, 5.41) is 7.73. The summed E-state index contributed by atoms with van der Waals surface area (Å²) in [5.74, 6) is -71.4. The molecule has 0 aliphatic carbocycles. The fourth-order valence-corrected chi connectivity index (χ4v) is 9.47. The van der Waals surface area contributed by atoms with Crippen LogP contribution in [-0.4, -0.2) is 6.15 Å². The molecule has 1 nitrogen and oxygen atoms in total. The fourth-order valence-electron chi connectivity index (χ4n) is 9.47. The maximum atomic E-state index is 15.4. The highest BCUT2D eigenvalue weighted by Gasteiger charge is 2.52. The molecule has 0 aliphatic rings. The van der Waals surface area contributed by atoms with Crippen LogP contribution >= 0.6 is 0 Å². The van der Waals surface area contributed by atoms with Crippen LogP contribution < -0.4 is 26.4 Å². The summed E-state index contributed by atoms with van der Waals surface area (Å²) in [6.07, 6.45) is -2.83. The van der Waals surface area contributed by atoms with E-state index in [0.717, 1.165) is 6.54 Å². The Morgan fingerprint density at radius 1 is 0.276 bits per heavy atom. The van der Waals surface area contributed by atoms with Crippen LogP contribution in [0.4, 0.5) is 87.8 Å². The van der Waals surface area contributed by atoms with E-state index >= 15 is 35.1 Å². The molecular weight excluding hydrogens is 1050 g/mol. The first-order chi connectivity index (χ1) is 36.1. The number of fused-ring (bicyclic) bond motifs is 3. The Balaban J connectivity index is 0.000000197. The molecule has 1 heterocycles. The van der Waals surface area contributed by atoms with Crippen molar-refractivity contribution in [3.05, 3.63) is 243 Å². The summed E-state index contributed by atoms with van der Waals surface area (Å²) < 4.78 is 296. The zero-order valence-electron chi connectivity index (χ0n) is 37.3. The Morgan fingerprint density at radius 3 is 0.961 bits per heavy atom. The van der Waals surface area contributed by atoms with Crippen LogP contribution in [0.15, 0.2) is 122 Å². The highest BCUT2D eigenvalue weighted by atomic mass is 19.2. The van der Waals surface area contributed by atoms with Gasteiger partial charge in [0.2, 0.25) is 0 Å². The average molecular weight is 1080 g/mol. The standard InChI is InChI=1S/C30H22N.C24BF20/c1-2-8-22(9-3-1)21-31-16-14-23(15-17-31)30-28-13-7-6-12-26(28)19-27-18-24-10-4-5-11-25(24)20-29(27)30;26-5-1(6(27)14(35)21(42)13(5)34)25(2-7(28)15(36)22(43)16(37)8(2)29,3-9(30)17(38)23(44)18(39)10(3)31)4-11(32)19(40)24(45)20(41)12(4)33/h1-20H,21H2;/q+1;-1. The van der Waals surface area contributed by atoms with E-state index in [1.54, 1.807) is 0 Å². The van der Waals surface area contributed by atoms with E-state index in [0.29, 0.717) is 0 Å². The van der Waals surface area contributed by atoms with E-state index in [-0.39, 0.29) is 0 Å². The third-order valence-corrected chi connectivity index (χ3v) is 12.8. The lowest BCUT2D eigenvalue weighted by Crippen LogP contribution is -2.81. The van der Waals surface area contributed by atoms with Crippen molar-refractivity contribution >= 4 is 60.3 Å². The van der Waals surface area contributed by atoms with Crippen molar-refractivity contribution in [2.24, 2.45) is 0 Å². The van der Waals surface area contributed by atoms with Crippen molar-refractivity contribution in [3.63, 3.8) is 0 Å². The lowest BCUT2D eigenvalue weighted by atomic mass is 9.12. The Labute approximate surface area is 413 Å². The fraction of sp³-hybridized carbons (Fsp3) is 0.0185. The van der Waals surface area contributed by atoms with Gasteiger partial charge in [-0.3, -0.25) is 0 Å². The van der Waals surface area contributed by atoms with Crippen molar-refractivity contribution in [2.45, 2.75) is 6.54 Å². The molecule has 0 amide bonds. The lowest BCUT2D eigenvalue weighted by molar-refractivity contribution is -0.688. The molecule has 1 aromatic heterocycles. The predicted molar refractivity (Wildman–Crippen MR) is 239 cm³/mol. The van der Waals surface area contributed by atoms with Gasteiger partial charge >= 0.3 is 0 Å². The minimum absolute atomic E-state index is 0.877. The van der Waals surface area contributed by atoms with Crippen LogP contribution in [-0.2, 0) is 6.54 Å². The summed E-state index contributed by atoms with van der Waals surface area (Å²) in [4.78, 5) is 0. The van der Waals surface area contributed by atoms with E-state index < -0.39 is 144 Å². The van der Waals surface area contributed by atoms with Crippen LogP contribution in [0.3, 0.4) is 0 Å². The molecule has 0 N–H and O–H groups in total. The molecule has 10 rings (SSSR count). The Morgan fingerprint density at radius 2 is 0.579 bits per heavy atom. The van der Waals surface area contributed by atoms with Crippen LogP contribution in [0.1, 0.15) is 5.56 Å². The number of benzene rings is 9. The summed E-state index contributed by atoms with van der Waals surface area (Å²) in [6, 6.07) is 39.4. The van der Waals surface area contributed by atoms with Crippen LogP contribution in [0.25, 0.3) is 43.4 Å². The molecule has 0 atom stereocenters. The molecule has 0 bridgehead atoms. The molecule has 0 saturated carbocycles. The maximum Gasteiger partial charge on any atom is 0.200 e. The first-order valence-corrected chi connectivity index (χ1v) is 21.7. The highest BCUT2D eigenvalue weighted by Crippen LogP contribution is 2.38. The molecule has 0 saturated heterocycles. The van der Waals surface area contributed by atoms with E-state index in [1.807, 2.05) is 0 Å². The monoisotopic (exact) mass is 1080 g/mol. The van der Waals surface area contributed by atoms with Gasteiger partial charge in [-0.15, -0.1) is 21.9 Å². The summed E-state index contributed by atoms with van der Waals surface area (Å²) >= 11 is 0. The first kappa shape index (κ1) is 52.4. The van der Waals surface area contributed by atoms with Crippen LogP contribution in [0, 0.1) is 116 Å². The molecule has 0 unspecified atom stereocenters. The van der Waals surface area contributed by atoms with Crippen LogP contribution in [0.2, 0.25) is 0 Å². The minimum Gasteiger partial charge on any atom is -0.207 e.